The van der Waals surface area contributed by atoms with E-state index in [0.717, 1.165) is 38.2 Å². The minimum atomic E-state index is 0.124. The van der Waals surface area contributed by atoms with E-state index in [4.69, 9.17) is 0 Å². The number of rotatable bonds is 4. The number of nitrogens with zero attached hydrogens (tertiary/aromatic N) is 2. The number of aromatic nitrogens is 1. The van der Waals surface area contributed by atoms with E-state index in [2.05, 4.69) is 42.7 Å². The van der Waals surface area contributed by atoms with Gasteiger partial charge in [-0.05, 0) is 48.6 Å². The van der Waals surface area contributed by atoms with Crippen molar-refractivity contribution in [3.63, 3.8) is 0 Å². The van der Waals surface area contributed by atoms with Crippen LogP contribution in [0.2, 0.25) is 0 Å². The molecule has 0 aliphatic carbocycles. The molecule has 3 heterocycles. The summed E-state index contributed by atoms with van der Waals surface area (Å²) in [5.74, 6) is 0.901. The second-order valence-corrected chi connectivity index (χ2v) is 9.64. The molecule has 2 aliphatic heterocycles. The quantitative estimate of drug-likeness (QED) is 0.649. The van der Waals surface area contributed by atoms with E-state index in [-0.39, 0.29) is 5.56 Å². The number of pyridine rings is 1. The van der Waals surface area contributed by atoms with Gasteiger partial charge in [-0.3, -0.25) is 4.79 Å². The molecule has 0 radical (unpaired) electrons. The number of likely N-dealkylation sites (tertiary alicyclic amines) is 1. The topological polar surface area (TPSA) is 50.2 Å². The Morgan fingerprint density at radius 1 is 1.13 bits per heavy atom. The molecule has 3 aromatic rings. The lowest BCUT2D eigenvalue weighted by atomic mass is 9.80. The predicted octanol–water partition coefficient (Wildman–Crippen LogP) is 3.31. The summed E-state index contributed by atoms with van der Waals surface area (Å²) >= 11 is 1.74. The highest BCUT2D eigenvalue weighted by atomic mass is 32.2. The van der Waals surface area contributed by atoms with Crippen molar-refractivity contribution < 1.29 is 4.90 Å². The van der Waals surface area contributed by atoms with Gasteiger partial charge in [0, 0.05) is 46.2 Å². The molecule has 2 aromatic carbocycles. The number of piperidine rings is 1. The lowest BCUT2D eigenvalue weighted by Gasteiger charge is -2.41. The van der Waals surface area contributed by atoms with Gasteiger partial charge in [-0.1, -0.05) is 24.3 Å². The van der Waals surface area contributed by atoms with E-state index in [1.54, 1.807) is 22.7 Å². The van der Waals surface area contributed by atoms with Crippen molar-refractivity contribution in [1.82, 2.24) is 4.57 Å². The third-order valence-electron chi connectivity index (χ3n) is 6.69. The largest absolute Gasteiger partial charge is 0.330 e. The third kappa shape index (κ3) is 3.94. The summed E-state index contributed by atoms with van der Waals surface area (Å²) in [5.41, 5.74) is 5.66. The zero-order valence-corrected chi connectivity index (χ0v) is 18.5. The van der Waals surface area contributed by atoms with E-state index in [9.17, 15) is 10.1 Å². The minimum absolute atomic E-state index is 0.124. The summed E-state index contributed by atoms with van der Waals surface area (Å²) in [5, 5.41) is 9.22. The maximum Gasteiger partial charge on any atom is 0.250 e. The number of quaternary nitrogens is 1. The minimum Gasteiger partial charge on any atom is -0.330 e. The Hall–Kier alpha value is -2.81. The normalized spacial score (nSPS) is 21.9. The molecule has 2 bridgehead atoms. The van der Waals surface area contributed by atoms with E-state index in [0.29, 0.717) is 11.8 Å². The maximum atomic E-state index is 12.7. The van der Waals surface area contributed by atoms with Crippen LogP contribution in [0.4, 0.5) is 0 Å². The molecule has 1 fully saturated rings. The summed E-state index contributed by atoms with van der Waals surface area (Å²) in [4.78, 5) is 15.5. The van der Waals surface area contributed by atoms with Crippen LogP contribution in [0.3, 0.4) is 0 Å². The second kappa shape index (κ2) is 8.37. The molecule has 156 valence electrons. The Bertz CT molecular complexity index is 1210. The fourth-order valence-electron chi connectivity index (χ4n) is 5.44. The summed E-state index contributed by atoms with van der Waals surface area (Å²) < 4.78 is 2.05. The Kier molecular flexibility index (Phi) is 5.43. The first kappa shape index (κ1) is 20.1. The van der Waals surface area contributed by atoms with Crippen molar-refractivity contribution in [2.24, 2.45) is 5.92 Å². The molecule has 3 atom stereocenters. The van der Waals surface area contributed by atoms with Gasteiger partial charge < -0.3 is 9.47 Å². The zero-order valence-electron chi connectivity index (χ0n) is 17.7. The first-order valence-electron chi connectivity index (χ1n) is 10.9. The van der Waals surface area contributed by atoms with Crippen LogP contribution in [0.5, 0.6) is 0 Å². The Balaban J connectivity index is 1.48. The van der Waals surface area contributed by atoms with Gasteiger partial charge in [0.05, 0.1) is 24.7 Å². The molecule has 0 amide bonds. The monoisotopic (exact) mass is 428 g/mol. The van der Waals surface area contributed by atoms with Crippen LogP contribution in [0.1, 0.15) is 29.2 Å². The average Bonchev–Trinajstić information content (AvgIpc) is 2.80. The van der Waals surface area contributed by atoms with Gasteiger partial charge >= 0.3 is 0 Å². The van der Waals surface area contributed by atoms with Gasteiger partial charge in [-0.25, -0.2) is 0 Å². The number of thioether (sulfide) groups is 1. The van der Waals surface area contributed by atoms with E-state index < -0.39 is 0 Å². The summed E-state index contributed by atoms with van der Waals surface area (Å²) in [7, 11) is 0. The van der Waals surface area contributed by atoms with Gasteiger partial charge in [-0.15, -0.1) is 11.8 Å². The molecule has 1 N–H and O–H groups in total. The zero-order chi connectivity index (χ0) is 21.4. The maximum absolute atomic E-state index is 12.7. The van der Waals surface area contributed by atoms with Crippen molar-refractivity contribution in [1.29, 1.82) is 5.26 Å². The predicted molar refractivity (Wildman–Crippen MR) is 124 cm³/mol. The van der Waals surface area contributed by atoms with E-state index in [1.165, 1.54) is 27.3 Å². The summed E-state index contributed by atoms with van der Waals surface area (Å²) in [6, 6.07) is 22.7. The van der Waals surface area contributed by atoms with Crippen molar-refractivity contribution >= 4 is 11.8 Å². The smallest absolute Gasteiger partial charge is 0.250 e. The van der Waals surface area contributed by atoms with Gasteiger partial charge in [0.2, 0.25) is 0 Å². The van der Waals surface area contributed by atoms with Crippen molar-refractivity contribution in [3.05, 3.63) is 87.8 Å². The number of hydrogen-bond acceptors (Lipinski definition) is 3. The van der Waals surface area contributed by atoms with Crippen LogP contribution < -0.4 is 10.5 Å². The molecule has 1 aromatic heterocycles. The number of nitrogens with one attached hydrogen (secondary N) is 1. The average molecular weight is 429 g/mol. The molecule has 0 saturated carbocycles. The van der Waals surface area contributed by atoms with Gasteiger partial charge in [0.25, 0.3) is 5.56 Å². The lowest BCUT2D eigenvalue weighted by Crippen LogP contribution is -3.13. The second-order valence-electron chi connectivity index (χ2n) is 8.76. The van der Waals surface area contributed by atoms with Gasteiger partial charge in [-0.2, -0.15) is 5.26 Å². The molecule has 0 spiro atoms. The van der Waals surface area contributed by atoms with Crippen molar-refractivity contribution in [2.45, 2.75) is 30.3 Å². The molecule has 2 aliphatic rings. The van der Waals surface area contributed by atoms with Crippen LogP contribution >= 0.6 is 11.8 Å². The number of benzene rings is 2. The molecular weight excluding hydrogens is 402 g/mol. The molecule has 1 unspecified atom stereocenters. The molecule has 5 rings (SSSR count). The first-order valence-corrected chi connectivity index (χ1v) is 12.1. The third-order valence-corrected chi connectivity index (χ3v) is 7.44. The van der Waals surface area contributed by atoms with Crippen LogP contribution in [0.15, 0.2) is 70.4 Å². The Labute approximate surface area is 187 Å². The van der Waals surface area contributed by atoms with Crippen LogP contribution in [0.25, 0.3) is 11.1 Å². The van der Waals surface area contributed by atoms with Crippen LogP contribution in [-0.4, -0.2) is 23.9 Å². The summed E-state index contributed by atoms with van der Waals surface area (Å²) in [6.45, 7) is 3.83. The van der Waals surface area contributed by atoms with Crippen molar-refractivity contribution in [2.75, 3.05) is 19.3 Å². The van der Waals surface area contributed by atoms with Gasteiger partial charge in [0.15, 0.2) is 0 Å². The Morgan fingerprint density at radius 3 is 2.74 bits per heavy atom. The fraction of sp³-hybridized carbons (Fsp3) is 0.308. The molecule has 31 heavy (non-hydrogen) atoms. The molecule has 4 nitrogen and oxygen atoms in total. The highest BCUT2D eigenvalue weighted by molar-refractivity contribution is 7.98. The van der Waals surface area contributed by atoms with Crippen LogP contribution in [-0.2, 0) is 13.1 Å². The SMILES string of the molecule is CSc1ccc(-c2ccc(=O)n3c2[C@@H]2C[C@H](C3)C[NH+](Cc3cccc(C#N)c3)C2)cc1. The molecular formula is C26H26N3OS+. The standard InChI is InChI=1S/C26H25N3OS/c1-31-23-7-5-21(6-8-23)24-9-10-25(30)29-16-20-12-22(26(24)29)17-28(15-20)14-19-4-2-3-18(11-19)13-27/h2-11,20,22H,12,14-17H2,1H3/p+1/t20-,22+/m0/s1. The molecule has 5 heteroatoms. The van der Waals surface area contributed by atoms with Crippen molar-refractivity contribution in [3.8, 4) is 17.2 Å². The Morgan fingerprint density at radius 2 is 1.97 bits per heavy atom. The van der Waals surface area contributed by atoms with Gasteiger partial charge in [0.1, 0.15) is 6.54 Å². The number of fused-ring (bicyclic) bond motifs is 4. The van der Waals surface area contributed by atoms with E-state index in [1.807, 2.05) is 28.8 Å². The van der Waals surface area contributed by atoms with E-state index >= 15 is 0 Å². The first-order chi connectivity index (χ1) is 15.1. The number of hydrogen-bond donors (Lipinski definition) is 1. The highest BCUT2D eigenvalue weighted by Crippen LogP contribution is 2.37. The lowest BCUT2D eigenvalue weighted by molar-refractivity contribution is -0.924. The van der Waals surface area contributed by atoms with Crippen LogP contribution in [0, 0.1) is 17.2 Å². The number of nitriles is 1. The molecule has 1 saturated heterocycles. The fourth-order valence-corrected chi connectivity index (χ4v) is 5.84. The highest BCUT2D eigenvalue weighted by Gasteiger charge is 2.38. The summed E-state index contributed by atoms with van der Waals surface area (Å²) in [6.07, 6.45) is 3.24.